The van der Waals surface area contributed by atoms with Gasteiger partial charge in [0.15, 0.2) is 0 Å². The summed E-state index contributed by atoms with van der Waals surface area (Å²) in [7, 11) is 1.37. The van der Waals surface area contributed by atoms with Crippen LogP contribution in [0.1, 0.15) is 21.5 Å². The van der Waals surface area contributed by atoms with Crippen LogP contribution in [0.25, 0.3) is 0 Å². The van der Waals surface area contributed by atoms with Gasteiger partial charge in [0.2, 0.25) is 0 Å². The minimum atomic E-state index is -0.355. The van der Waals surface area contributed by atoms with Gasteiger partial charge in [0.05, 0.1) is 18.4 Å². The molecule has 0 heterocycles. The van der Waals surface area contributed by atoms with Gasteiger partial charge >= 0.3 is 5.97 Å². The summed E-state index contributed by atoms with van der Waals surface area (Å²) in [5.41, 5.74) is 3.27. The highest BCUT2D eigenvalue weighted by molar-refractivity contribution is 5.99. The molecule has 0 spiro atoms. The SMILES string of the molecule is COC(=O)c1ccccc1C=Nc1cccc(C)c1. The molecule has 0 amide bonds. The molecular weight excluding hydrogens is 238 g/mol. The van der Waals surface area contributed by atoms with Crippen molar-refractivity contribution in [3.8, 4) is 0 Å². The number of carbonyl (C=O) groups is 1. The molecule has 0 atom stereocenters. The summed E-state index contributed by atoms with van der Waals surface area (Å²) >= 11 is 0. The van der Waals surface area contributed by atoms with Gasteiger partial charge in [-0.1, -0.05) is 30.3 Å². The van der Waals surface area contributed by atoms with Gasteiger partial charge in [0, 0.05) is 11.8 Å². The first-order valence-electron chi connectivity index (χ1n) is 5.99. The number of benzene rings is 2. The van der Waals surface area contributed by atoms with E-state index in [2.05, 4.69) is 4.99 Å². The molecule has 0 radical (unpaired) electrons. The van der Waals surface area contributed by atoms with Gasteiger partial charge < -0.3 is 4.74 Å². The van der Waals surface area contributed by atoms with Crippen LogP contribution in [0.15, 0.2) is 53.5 Å². The van der Waals surface area contributed by atoms with Crippen molar-refractivity contribution in [2.45, 2.75) is 6.92 Å². The van der Waals surface area contributed by atoms with E-state index in [9.17, 15) is 4.79 Å². The zero-order valence-electron chi connectivity index (χ0n) is 11.0. The molecule has 2 rings (SSSR count). The van der Waals surface area contributed by atoms with Gasteiger partial charge in [-0.25, -0.2) is 4.79 Å². The van der Waals surface area contributed by atoms with Crippen LogP contribution in [0.5, 0.6) is 0 Å². The Balaban J connectivity index is 2.31. The van der Waals surface area contributed by atoms with E-state index >= 15 is 0 Å². The lowest BCUT2D eigenvalue weighted by atomic mass is 10.1. The van der Waals surface area contributed by atoms with Crippen LogP contribution in [-0.4, -0.2) is 19.3 Å². The Bertz CT molecular complexity index is 618. The molecular formula is C16H15NO2. The Hall–Kier alpha value is -2.42. The zero-order chi connectivity index (χ0) is 13.7. The highest BCUT2D eigenvalue weighted by Crippen LogP contribution is 2.14. The van der Waals surface area contributed by atoms with Crippen molar-refractivity contribution in [1.29, 1.82) is 0 Å². The van der Waals surface area contributed by atoms with Crippen molar-refractivity contribution in [2.75, 3.05) is 7.11 Å². The topological polar surface area (TPSA) is 38.7 Å². The first-order valence-corrected chi connectivity index (χ1v) is 5.99. The number of nitrogens with zero attached hydrogens (tertiary/aromatic N) is 1. The maximum absolute atomic E-state index is 11.6. The molecule has 3 nitrogen and oxygen atoms in total. The molecule has 0 aliphatic carbocycles. The first kappa shape index (κ1) is 13.0. The minimum absolute atomic E-state index is 0.355. The number of aryl methyl sites for hydroxylation is 1. The van der Waals surface area contributed by atoms with Crippen molar-refractivity contribution in [3.63, 3.8) is 0 Å². The third-order valence-electron chi connectivity index (χ3n) is 2.72. The first-order chi connectivity index (χ1) is 9.20. The van der Waals surface area contributed by atoms with Crippen LogP contribution in [0.2, 0.25) is 0 Å². The Morgan fingerprint density at radius 3 is 2.68 bits per heavy atom. The standard InChI is InChI=1S/C16H15NO2/c1-12-6-5-8-14(10-12)17-11-13-7-3-4-9-15(13)16(18)19-2/h3-11H,1-2H3. The number of hydrogen-bond donors (Lipinski definition) is 0. The van der Waals surface area contributed by atoms with Gasteiger partial charge in [-0.15, -0.1) is 0 Å². The predicted octanol–water partition coefficient (Wildman–Crippen LogP) is 3.53. The Kier molecular flexibility index (Phi) is 4.08. The average molecular weight is 253 g/mol. The zero-order valence-corrected chi connectivity index (χ0v) is 11.0. The maximum atomic E-state index is 11.6. The van der Waals surface area contributed by atoms with E-state index in [1.54, 1.807) is 18.3 Å². The number of methoxy groups -OCH3 is 1. The summed E-state index contributed by atoms with van der Waals surface area (Å²) in [6, 6.07) is 15.1. The van der Waals surface area contributed by atoms with Crippen LogP contribution in [0.4, 0.5) is 5.69 Å². The largest absolute Gasteiger partial charge is 0.465 e. The fourth-order valence-corrected chi connectivity index (χ4v) is 1.76. The summed E-state index contributed by atoms with van der Waals surface area (Å²) in [5.74, 6) is -0.355. The Morgan fingerprint density at radius 2 is 1.95 bits per heavy atom. The van der Waals surface area contributed by atoms with E-state index in [0.717, 1.165) is 16.8 Å². The second-order valence-electron chi connectivity index (χ2n) is 4.18. The van der Waals surface area contributed by atoms with Gasteiger partial charge in [-0.3, -0.25) is 4.99 Å². The Morgan fingerprint density at radius 1 is 1.16 bits per heavy atom. The molecule has 0 aromatic heterocycles. The lowest BCUT2D eigenvalue weighted by molar-refractivity contribution is 0.0600. The summed E-state index contributed by atoms with van der Waals surface area (Å²) < 4.78 is 4.75. The normalized spacial score (nSPS) is 10.6. The van der Waals surface area contributed by atoms with Crippen LogP contribution < -0.4 is 0 Å². The van der Waals surface area contributed by atoms with Gasteiger partial charge in [-0.05, 0) is 30.7 Å². The number of rotatable bonds is 3. The molecule has 0 fully saturated rings. The van der Waals surface area contributed by atoms with Gasteiger partial charge in [0.1, 0.15) is 0 Å². The summed E-state index contributed by atoms with van der Waals surface area (Å²) in [6.07, 6.45) is 1.68. The third-order valence-corrected chi connectivity index (χ3v) is 2.72. The van der Waals surface area contributed by atoms with Crippen LogP contribution in [0.3, 0.4) is 0 Å². The second kappa shape index (κ2) is 5.96. The second-order valence-corrected chi connectivity index (χ2v) is 4.18. The van der Waals surface area contributed by atoms with E-state index in [-0.39, 0.29) is 5.97 Å². The fourth-order valence-electron chi connectivity index (χ4n) is 1.76. The molecule has 0 saturated carbocycles. The molecule has 19 heavy (non-hydrogen) atoms. The van der Waals surface area contributed by atoms with Crippen LogP contribution in [0, 0.1) is 6.92 Å². The van der Waals surface area contributed by atoms with Crippen molar-refractivity contribution < 1.29 is 9.53 Å². The minimum Gasteiger partial charge on any atom is -0.465 e. The lowest BCUT2D eigenvalue weighted by Crippen LogP contribution is -2.04. The highest BCUT2D eigenvalue weighted by atomic mass is 16.5. The fraction of sp³-hybridized carbons (Fsp3) is 0.125. The quantitative estimate of drug-likeness (QED) is 0.620. The predicted molar refractivity (Wildman–Crippen MR) is 76.2 cm³/mol. The molecule has 0 bridgehead atoms. The molecule has 2 aromatic carbocycles. The molecule has 3 heteroatoms. The lowest BCUT2D eigenvalue weighted by Gasteiger charge is -2.03. The van der Waals surface area contributed by atoms with E-state index in [1.165, 1.54) is 7.11 Å². The van der Waals surface area contributed by atoms with Crippen molar-refractivity contribution in [3.05, 3.63) is 65.2 Å². The number of aliphatic imine (C=N–C) groups is 1. The molecule has 0 aliphatic heterocycles. The summed E-state index contributed by atoms with van der Waals surface area (Å²) in [5, 5.41) is 0. The average Bonchev–Trinajstić information content (AvgIpc) is 2.45. The number of ether oxygens (including phenoxy) is 1. The molecule has 0 aliphatic rings. The van der Waals surface area contributed by atoms with Gasteiger partial charge in [0.25, 0.3) is 0 Å². The number of esters is 1. The van der Waals surface area contributed by atoms with Crippen LogP contribution >= 0.6 is 0 Å². The number of hydrogen-bond acceptors (Lipinski definition) is 3. The summed E-state index contributed by atoms with van der Waals surface area (Å²) in [4.78, 5) is 16.0. The van der Waals surface area contributed by atoms with Crippen molar-refractivity contribution >= 4 is 17.9 Å². The monoisotopic (exact) mass is 253 g/mol. The van der Waals surface area contributed by atoms with Crippen LogP contribution in [-0.2, 0) is 4.74 Å². The van der Waals surface area contributed by atoms with Crippen molar-refractivity contribution in [1.82, 2.24) is 0 Å². The molecule has 0 unspecified atom stereocenters. The van der Waals surface area contributed by atoms with Crippen molar-refractivity contribution in [2.24, 2.45) is 4.99 Å². The number of carbonyl (C=O) groups excluding carboxylic acids is 1. The molecule has 2 aromatic rings. The van der Waals surface area contributed by atoms with Gasteiger partial charge in [-0.2, -0.15) is 0 Å². The third kappa shape index (κ3) is 3.28. The van der Waals surface area contributed by atoms with E-state index in [4.69, 9.17) is 4.74 Å². The molecule has 0 N–H and O–H groups in total. The smallest absolute Gasteiger partial charge is 0.338 e. The van der Waals surface area contributed by atoms with E-state index in [1.807, 2.05) is 43.3 Å². The van der Waals surface area contributed by atoms with E-state index in [0.29, 0.717) is 5.56 Å². The van der Waals surface area contributed by atoms with E-state index < -0.39 is 0 Å². The highest BCUT2D eigenvalue weighted by Gasteiger charge is 2.08. The Labute approximate surface area is 112 Å². The molecule has 96 valence electrons. The summed E-state index contributed by atoms with van der Waals surface area (Å²) in [6.45, 7) is 2.02. The molecule has 0 saturated heterocycles. The maximum Gasteiger partial charge on any atom is 0.338 e.